The number of carbonyl (C=O) groups excluding carboxylic acids is 1. The minimum Gasteiger partial charge on any atom is -0.294 e. The maximum absolute atomic E-state index is 12.4. The average molecular weight is 324 g/mol. The van der Waals surface area contributed by atoms with Gasteiger partial charge in [0.25, 0.3) is 0 Å². The van der Waals surface area contributed by atoms with Crippen LogP contribution in [-0.4, -0.2) is 11.5 Å². The predicted octanol–water partition coefficient (Wildman–Crippen LogP) is 4.84. The van der Waals surface area contributed by atoms with Gasteiger partial charge in [-0.15, -0.1) is 11.8 Å². The highest BCUT2D eigenvalue weighted by molar-refractivity contribution is 8.04. The number of thioether (sulfide) groups is 1. The lowest BCUT2D eigenvalue weighted by atomic mass is 10.1. The van der Waals surface area contributed by atoms with Gasteiger partial charge in [0.1, 0.15) is 0 Å². The molecule has 1 aromatic rings. The molecule has 0 spiro atoms. The van der Waals surface area contributed by atoms with Crippen LogP contribution in [0.15, 0.2) is 47.4 Å². The van der Waals surface area contributed by atoms with Crippen LogP contribution in [0.5, 0.6) is 0 Å². The largest absolute Gasteiger partial charge is 0.416 e. The van der Waals surface area contributed by atoms with Crippen molar-refractivity contribution in [3.63, 3.8) is 0 Å². The zero-order chi connectivity index (χ0) is 16.8. The molecule has 0 saturated heterocycles. The van der Waals surface area contributed by atoms with Crippen LogP contribution >= 0.6 is 11.8 Å². The molecule has 5 heteroatoms. The summed E-state index contributed by atoms with van der Waals surface area (Å²) in [5.41, 5.74) is 0.590. The molecule has 1 rings (SSSR count). The molecule has 0 N–H and O–H groups in total. The highest BCUT2D eigenvalue weighted by atomic mass is 32.2. The number of hydrogen-bond donors (Lipinski definition) is 0. The normalized spacial score (nSPS) is 12.0. The Hall–Kier alpha value is -1.93. The maximum Gasteiger partial charge on any atom is 0.416 e. The molecular formula is C17H15F3OS. The van der Waals surface area contributed by atoms with Crippen molar-refractivity contribution in [3.8, 4) is 11.8 Å². The molecule has 0 atom stereocenters. The molecule has 0 amide bonds. The van der Waals surface area contributed by atoms with Crippen LogP contribution in [0.3, 0.4) is 0 Å². The molecule has 1 aromatic carbocycles. The molecule has 0 aliphatic rings. The van der Waals surface area contributed by atoms with Crippen molar-refractivity contribution < 1.29 is 18.0 Å². The van der Waals surface area contributed by atoms with Gasteiger partial charge in [-0.2, -0.15) is 13.2 Å². The number of benzene rings is 1. The first-order valence-corrected chi connectivity index (χ1v) is 7.37. The van der Waals surface area contributed by atoms with E-state index < -0.39 is 11.7 Å². The van der Waals surface area contributed by atoms with Gasteiger partial charge in [-0.1, -0.05) is 24.5 Å². The van der Waals surface area contributed by atoms with E-state index in [2.05, 4.69) is 18.4 Å². The Labute approximate surface area is 132 Å². The van der Waals surface area contributed by atoms with Crippen LogP contribution in [0, 0.1) is 11.8 Å². The minimum atomic E-state index is -4.34. The fourth-order valence-electron chi connectivity index (χ4n) is 1.57. The van der Waals surface area contributed by atoms with E-state index in [-0.39, 0.29) is 5.78 Å². The molecule has 1 nitrogen and oxygen atoms in total. The van der Waals surface area contributed by atoms with Crippen LogP contribution in [0.1, 0.15) is 25.0 Å². The van der Waals surface area contributed by atoms with Crippen LogP contribution in [0.25, 0.3) is 0 Å². The number of allylic oxidation sites excluding steroid dienone is 3. The van der Waals surface area contributed by atoms with Gasteiger partial charge in [-0.25, -0.2) is 0 Å². The molecule has 0 saturated carbocycles. The Balaban J connectivity index is 2.72. The van der Waals surface area contributed by atoms with Gasteiger partial charge < -0.3 is 0 Å². The van der Waals surface area contributed by atoms with Gasteiger partial charge in [0, 0.05) is 5.56 Å². The molecular weight excluding hydrogens is 309 g/mol. The SMILES string of the molecule is C=C/C(C)=C(\SCC#Cc1ccc(C(F)(F)F)cc1)C(C)=O. The first-order valence-electron chi connectivity index (χ1n) is 6.39. The summed E-state index contributed by atoms with van der Waals surface area (Å²) in [6.07, 6.45) is -2.74. The van der Waals surface area contributed by atoms with Crippen molar-refractivity contribution in [2.24, 2.45) is 0 Å². The fourth-order valence-corrected chi connectivity index (χ4v) is 2.38. The fraction of sp³-hybridized carbons (Fsp3) is 0.235. The number of ketones is 1. The summed E-state index contributed by atoms with van der Waals surface area (Å²) in [6, 6.07) is 4.66. The number of alkyl halides is 3. The molecule has 0 unspecified atom stereocenters. The summed E-state index contributed by atoms with van der Waals surface area (Å²) >= 11 is 1.29. The van der Waals surface area contributed by atoms with Gasteiger partial charge in [0.2, 0.25) is 0 Å². The monoisotopic (exact) mass is 324 g/mol. The first kappa shape index (κ1) is 18.1. The maximum atomic E-state index is 12.4. The van der Waals surface area contributed by atoms with Crippen LogP contribution < -0.4 is 0 Å². The predicted molar refractivity (Wildman–Crippen MR) is 84.4 cm³/mol. The zero-order valence-electron chi connectivity index (χ0n) is 12.3. The molecule has 0 bridgehead atoms. The lowest BCUT2D eigenvalue weighted by Gasteiger charge is -2.05. The Morgan fingerprint density at radius 3 is 2.32 bits per heavy atom. The minimum absolute atomic E-state index is 0.0567. The summed E-state index contributed by atoms with van der Waals surface area (Å²) in [6.45, 7) is 6.88. The molecule has 0 heterocycles. The van der Waals surface area contributed by atoms with E-state index in [1.807, 2.05) is 0 Å². The lowest BCUT2D eigenvalue weighted by Crippen LogP contribution is -2.04. The number of carbonyl (C=O) groups is 1. The van der Waals surface area contributed by atoms with Crippen molar-refractivity contribution in [2.75, 3.05) is 5.75 Å². The van der Waals surface area contributed by atoms with Gasteiger partial charge in [-0.05, 0) is 43.7 Å². The molecule has 0 aliphatic heterocycles. The standard InChI is InChI=1S/C17H15F3OS/c1-4-12(2)16(13(3)21)22-11-5-6-14-7-9-15(10-8-14)17(18,19)20/h4,7-10H,1,11H2,2-3H3/b16-12-. The Kier molecular flexibility index (Phi) is 6.51. The van der Waals surface area contributed by atoms with E-state index in [9.17, 15) is 18.0 Å². The number of rotatable bonds is 4. The summed E-state index contributed by atoms with van der Waals surface area (Å²) in [4.78, 5) is 12.1. The Bertz CT molecular complexity index is 643. The van der Waals surface area contributed by atoms with Crippen molar-refractivity contribution in [1.82, 2.24) is 0 Å². The van der Waals surface area contributed by atoms with Crippen molar-refractivity contribution in [2.45, 2.75) is 20.0 Å². The zero-order valence-corrected chi connectivity index (χ0v) is 13.1. The van der Waals surface area contributed by atoms with Crippen LogP contribution in [0.2, 0.25) is 0 Å². The Morgan fingerprint density at radius 2 is 1.86 bits per heavy atom. The third-order valence-corrected chi connectivity index (χ3v) is 3.90. The quantitative estimate of drug-likeness (QED) is 0.448. The van der Waals surface area contributed by atoms with E-state index in [1.165, 1.54) is 30.8 Å². The van der Waals surface area contributed by atoms with E-state index in [0.29, 0.717) is 16.2 Å². The average Bonchev–Trinajstić information content (AvgIpc) is 2.45. The van der Waals surface area contributed by atoms with E-state index in [4.69, 9.17) is 0 Å². The van der Waals surface area contributed by atoms with E-state index in [1.54, 1.807) is 13.0 Å². The molecule has 0 aliphatic carbocycles. The van der Waals surface area contributed by atoms with Gasteiger partial charge >= 0.3 is 6.18 Å². The number of hydrogen-bond acceptors (Lipinski definition) is 2. The molecule has 22 heavy (non-hydrogen) atoms. The highest BCUT2D eigenvalue weighted by Gasteiger charge is 2.29. The summed E-state index contributed by atoms with van der Waals surface area (Å²) in [5.74, 6) is 5.93. The first-order chi connectivity index (χ1) is 10.3. The Morgan fingerprint density at radius 1 is 1.27 bits per heavy atom. The molecule has 0 radical (unpaired) electrons. The highest BCUT2D eigenvalue weighted by Crippen LogP contribution is 2.29. The lowest BCUT2D eigenvalue weighted by molar-refractivity contribution is -0.137. The van der Waals surface area contributed by atoms with Gasteiger partial charge in [0.15, 0.2) is 5.78 Å². The van der Waals surface area contributed by atoms with Gasteiger partial charge in [-0.3, -0.25) is 4.79 Å². The molecule has 116 valence electrons. The second-order valence-corrected chi connectivity index (χ2v) is 5.42. The van der Waals surface area contributed by atoms with E-state index in [0.717, 1.165) is 17.7 Å². The van der Waals surface area contributed by atoms with Crippen LogP contribution in [0.4, 0.5) is 13.2 Å². The second kappa shape index (κ2) is 7.90. The molecule has 0 aromatic heterocycles. The number of Topliss-reactive ketones (excluding diaryl/α,β-unsaturated/α-hetero) is 1. The van der Waals surface area contributed by atoms with Crippen molar-refractivity contribution >= 4 is 17.5 Å². The van der Waals surface area contributed by atoms with Crippen LogP contribution in [-0.2, 0) is 11.0 Å². The van der Waals surface area contributed by atoms with Crippen molar-refractivity contribution in [1.29, 1.82) is 0 Å². The number of halogens is 3. The summed E-state index contributed by atoms with van der Waals surface area (Å²) in [5, 5.41) is 0. The van der Waals surface area contributed by atoms with Gasteiger partial charge in [0.05, 0.1) is 16.2 Å². The third kappa shape index (κ3) is 5.45. The van der Waals surface area contributed by atoms with Crippen molar-refractivity contribution in [3.05, 3.63) is 58.5 Å². The summed E-state index contributed by atoms with van der Waals surface area (Å²) in [7, 11) is 0. The second-order valence-electron chi connectivity index (χ2n) is 4.44. The third-order valence-electron chi connectivity index (χ3n) is 2.72. The smallest absolute Gasteiger partial charge is 0.294 e. The topological polar surface area (TPSA) is 17.1 Å². The summed E-state index contributed by atoms with van der Waals surface area (Å²) < 4.78 is 37.2. The molecule has 0 fully saturated rings. The van der Waals surface area contributed by atoms with E-state index >= 15 is 0 Å².